The van der Waals surface area contributed by atoms with Crippen LogP contribution in [-0.4, -0.2) is 22.7 Å². The van der Waals surface area contributed by atoms with Crippen molar-refractivity contribution in [3.05, 3.63) is 94.8 Å². The second-order valence-corrected chi connectivity index (χ2v) is 11.1. The third-order valence-electron chi connectivity index (χ3n) is 5.12. The molecule has 1 aliphatic rings. The largest absolute Gasteiger partial charge is 0.490 e. The molecule has 0 atom stereocenters. The van der Waals surface area contributed by atoms with Gasteiger partial charge in [-0.05, 0) is 100 Å². The zero-order valence-corrected chi connectivity index (χ0v) is 24.1. The molecule has 186 valence electrons. The van der Waals surface area contributed by atoms with Gasteiger partial charge in [-0.25, -0.2) is 0 Å². The van der Waals surface area contributed by atoms with Gasteiger partial charge in [-0.2, -0.15) is 0 Å². The molecular weight excluding hydrogens is 656 g/mol. The number of carbonyl (C=O) groups is 2. The highest BCUT2D eigenvalue weighted by Crippen LogP contribution is 2.38. The Morgan fingerprint density at radius 3 is 2.36 bits per heavy atom. The highest BCUT2D eigenvalue weighted by Gasteiger charge is 2.35. The van der Waals surface area contributed by atoms with E-state index in [-0.39, 0.29) is 17.7 Å². The van der Waals surface area contributed by atoms with E-state index >= 15 is 0 Å². The molecule has 3 aromatic rings. The molecule has 0 unspecified atom stereocenters. The summed E-state index contributed by atoms with van der Waals surface area (Å²) in [6, 6.07) is 16.1. The summed E-state index contributed by atoms with van der Waals surface area (Å²) in [7, 11) is 0. The van der Waals surface area contributed by atoms with Crippen molar-refractivity contribution in [3.8, 4) is 11.5 Å². The van der Waals surface area contributed by atoms with E-state index in [1.54, 1.807) is 30.3 Å². The first kappa shape index (κ1) is 27.1. The number of hydrogen-bond donors (Lipinski definition) is 0. The van der Waals surface area contributed by atoms with Gasteiger partial charge in [0.15, 0.2) is 11.5 Å². The molecule has 1 fully saturated rings. The Balaban J connectivity index is 1.54. The van der Waals surface area contributed by atoms with Crippen molar-refractivity contribution < 1.29 is 19.1 Å². The van der Waals surface area contributed by atoms with Crippen molar-refractivity contribution in [1.82, 2.24) is 4.90 Å². The first-order valence-electron chi connectivity index (χ1n) is 10.8. The van der Waals surface area contributed by atoms with Gasteiger partial charge in [0.1, 0.15) is 6.61 Å². The zero-order valence-electron chi connectivity index (χ0n) is 18.9. The van der Waals surface area contributed by atoms with Crippen molar-refractivity contribution in [2.24, 2.45) is 0 Å². The standard InChI is InChI=1S/C26H19Cl3INO4S/c1-2-34-22-11-17(10-21(30)24(22)35-14-15-3-6-18(27)7-4-15)12-23-25(32)31(26(33)36-23)13-16-5-8-19(28)20(29)9-16/h3-12H,2,13-14H2,1H3/b23-12-. The monoisotopic (exact) mass is 673 g/mol. The summed E-state index contributed by atoms with van der Waals surface area (Å²) in [6.07, 6.45) is 1.69. The minimum absolute atomic E-state index is 0.109. The van der Waals surface area contributed by atoms with E-state index in [9.17, 15) is 9.59 Å². The minimum Gasteiger partial charge on any atom is -0.490 e. The number of rotatable bonds is 8. The summed E-state index contributed by atoms with van der Waals surface area (Å²) in [5.74, 6) is 0.795. The van der Waals surface area contributed by atoms with Gasteiger partial charge in [0.25, 0.3) is 11.1 Å². The summed E-state index contributed by atoms with van der Waals surface area (Å²) in [6.45, 7) is 2.78. The van der Waals surface area contributed by atoms with Crippen LogP contribution in [0.4, 0.5) is 4.79 Å². The molecule has 3 aromatic carbocycles. The van der Waals surface area contributed by atoms with Crippen LogP contribution < -0.4 is 9.47 Å². The first-order chi connectivity index (χ1) is 17.2. The lowest BCUT2D eigenvalue weighted by Gasteiger charge is -2.15. The molecule has 10 heteroatoms. The number of carbonyl (C=O) groups excluding carboxylic acids is 2. The molecule has 1 heterocycles. The van der Waals surface area contributed by atoms with E-state index in [0.717, 1.165) is 26.5 Å². The Bertz CT molecular complexity index is 1350. The molecule has 36 heavy (non-hydrogen) atoms. The lowest BCUT2D eigenvalue weighted by atomic mass is 10.1. The topological polar surface area (TPSA) is 55.8 Å². The van der Waals surface area contributed by atoms with E-state index < -0.39 is 0 Å². The summed E-state index contributed by atoms with van der Waals surface area (Å²) < 4.78 is 12.7. The highest BCUT2D eigenvalue weighted by atomic mass is 127. The predicted octanol–water partition coefficient (Wildman–Crippen LogP) is 8.47. The quantitative estimate of drug-likeness (QED) is 0.177. The molecule has 4 rings (SSSR count). The normalized spacial score (nSPS) is 14.6. The second-order valence-electron chi connectivity index (χ2n) is 7.69. The van der Waals surface area contributed by atoms with E-state index in [1.165, 1.54) is 4.90 Å². The van der Waals surface area contributed by atoms with Crippen LogP contribution in [0.2, 0.25) is 15.1 Å². The maximum Gasteiger partial charge on any atom is 0.293 e. The Hall–Kier alpha value is -1.91. The maximum atomic E-state index is 13.0. The van der Waals surface area contributed by atoms with Gasteiger partial charge in [0, 0.05) is 5.02 Å². The molecule has 2 amide bonds. The van der Waals surface area contributed by atoms with E-state index in [0.29, 0.717) is 50.2 Å². The fraction of sp³-hybridized carbons (Fsp3) is 0.154. The summed E-state index contributed by atoms with van der Waals surface area (Å²) in [4.78, 5) is 27.1. The summed E-state index contributed by atoms with van der Waals surface area (Å²) >= 11 is 21.1. The van der Waals surface area contributed by atoms with Gasteiger partial charge in [0.05, 0.1) is 31.7 Å². The lowest BCUT2D eigenvalue weighted by molar-refractivity contribution is -0.123. The molecule has 0 saturated carbocycles. The predicted molar refractivity (Wildman–Crippen MR) is 154 cm³/mol. The van der Waals surface area contributed by atoms with Gasteiger partial charge in [-0.15, -0.1) is 0 Å². The fourth-order valence-corrected chi connectivity index (χ4v) is 5.48. The molecule has 1 aliphatic heterocycles. The van der Waals surface area contributed by atoms with Crippen molar-refractivity contribution in [2.75, 3.05) is 6.61 Å². The van der Waals surface area contributed by atoms with Crippen LogP contribution in [0.5, 0.6) is 11.5 Å². The van der Waals surface area contributed by atoms with Crippen LogP contribution in [-0.2, 0) is 17.9 Å². The number of halogens is 4. The number of nitrogens with zero attached hydrogens (tertiary/aromatic N) is 1. The smallest absolute Gasteiger partial charge is 0.293 e. The molecule has 5 nitrogen and oxygen atoms in total. The number of ether oxygens (including phenoxy) is 2. The molecule has 0 radical (unpaired) electrons. The van der Waals surface area contributed by atoms with E-state index in [2.05, 4.69) is 22.6 Å². The molecule has 0 spiro atoms. The Labute approximate surface area is 241 Å². The Kier molecular flexibility index (Phi) is 9.11. The van der Waals surface area contributed by atoms with Crippen LogP contribution in [0, 0.1) is 3.57 Å². The van der Waals surface area contributed by atoms with Crippen LogP contribution in [0.1, 0.15) is 23.6 Å². The van der Waals surface area contributed by atoms with Gasteiger partial charge in [0.2, 0.25) is 0 Å². The second kappa shape index (κ2) is 12.1. The minimum atomic E-state index is -0.368. The van der Waals surface area contributed by atoms with Crippen molar-refractivity contribution in [3.63, 3.8) is 0 Å². The average molecular weight is 675 g/mol. The van der Waals surface area contributed by atoms with Crippen molar-refractivity contribution in [1.29, 1.82) is 0 Å². The molecular formula is C26H19Cl3INO4S. The number of hydrogen-bond acceptors (Lipinski definition) is 5. The molecule has 0 aromatic heterocycles. The molecule has 0 bridgehead atoms. The number of amides is 2. The summed E-state index contributed by atoms with van der Waals surface area (Å²) in [5, 5.41) is 1.09. The van der Waals surface area contributed by atoms with Crippen molar-refractivity contribution >= 4 is 86.4 Å². The van der Waals surface area contributed by atoms with E-state index in [4.69, 9.17) is 44.3 Å². The highest BCUT2D eigenvalue weighted by molar-refractivity contribution is 14.1. The SMILES string of the molecule is CCOc1cc(/C=C2\SC(=O)N(Cc3ccc(Cl)c(Cl)c3)C2=O)cc(I)c1OCc1ccc(Cl)cc1. The van der Waals surface area contributed by atoms with Crippen LogP contribution in [0.15, 0.2) is 59.5 Å². The van der Waals surface area contributed by atoms with Gasteiger partial charge in [-0.3, -0.25) is 14.5 Å². The number of benzene rings is 3. The fourth-order valence-electron chi connectivity index (χ4n) is 3.42. The van der Waals surface area contributed by atoms with E-state index in [1.807, 2.05) is 37.3 Å². The van der Waals surface area contributed by atoms with Gasteiger partial charge in [-0.1, -0.05) is 53.0 Å². The average Bonchev–Trinajstić information content (AvgIpc) is 3.09. The van der Waals surface area contributed by atoms with Crippen LogP contribution in [0.25, 0.3) is 6.08 Å². The zero-order chi connectivity index (χ0) is 25.8. The van der Waals surface area contributed by atoms with Gasteiger partial charge < -0.3 is 9.47 Å². The first-order valence-corrected chi connectivity index (χ1v) is 13.8. The third kappa shape index (κ3) is 6.50. The summed E-state index contributed by atoms with van der Waals surface area (Å²) in [5.41, 5.74) is 2.41. The van der Waals surface area contributed by atoms with Crippen LogP contribution in [0.3, 0.4) is 0 Å². The molecule has 0 aliphatic carbocycles. The number of thioether (sulfide) groups is 1. The van der Waals surface area contributed by atoms with Gasteiger partial charge >= 0.3 is 0 Å². The molecule has 1 saturated heterocycles. The molecule has 0 N–H and O–H groups in total. The number of imide groups is 1. The Morgan fingerprint density at radius 2 is 1.67 bits per heavy atom. The third-order valence-corrected chi connectivity index (χ3v) is 7.82. The Morgan fingerprint density at radius 1 is 0.944 bits per heavy atom. The van der Waals surface area contributed by atoms with Crippen LogP contribution >= 0.6 is 69.2 Å². The maximum absolute atomic E-state index is 13.0. The van der Waals surface area contributed by atoms with Crippen molar-refractivity contribution in [2.45, 2.75) is 20.1 Å². The lowest BCUT2D eigenvalue weighted by Crippen LogP contribution is -2.27.